The largest absolute Gasteiger partial charge is 0.493 e. The highest BCUT2D eigenvalue weighted by Crippen LogP contribution is 2.40. The maximum Gasteiger partial charge on any atom is 0.422 e. The number of nitrogens with zero attached hydrogens (tertiary/aromatic N) is 1. The molecule has 1 fully saturated rings. The Morgan fingerprint density at radius 2 is 1.72 bits per heavy atom. The number of methoxy groups -OCH3 is 2. The van der Waals surface area contributed by atoms with Crippen molar-refractivity contribution < 1.29 is 32.5 Å². The monoisotopic (exact) mass is 453 g/mol. The van der Waals surface area contributed by atoms with Gasteiger partial charge in [-0.2, -0.15) is 13.2 Å². The van der Waals surface area contributed by atoms with Gasteiger partial charge in [0.25, 0.3) is 0 Å². The van der Waals surface area contributed by atoms with E-state index in [1.807, 2.05) is 18.2 Å². The number of para-hydroxylation sites is 1. The lowest BCUT2D eigenvalue weighted by Gasteiger charge is -2.34. The van der Waals surface area contributed by atoms with E-state index in [0.29, 0.717) is 11.5 Å². The summed E-state index contributed by atoms with van der Waals surface area (Å²) in [5, 5.41) is 11.0. The zero-order chi connectivity index (χ0) is 23.1. The van der Waals surface area contributed by atoms with Crippen LogP contribution in [0.1, 0.15) is 30.1 Å². The quantitative estimate of drug-likeness (QED) is 0.600. The smallest absolute Gasteiger partial charge is 0.422 e. The number of hydrogen-bond acceptors (Lipinski definition) is 5. The number of benzene rings is 2. The SMILES string of the molecule is COc1cccc(C(O)C2CCN(CCc3ccc(OCC(F)(F)F)cc3)CC2)c1OC. The minimum atomic E-state index is -4.34. The van der Waals surface area contributed by atoms with Gasteiger partial charge in [0, 0.05) is 12.1 Å². The van der Waals surface area contributed by atoms with Crippen LogP contribution in [0.3, 0.4) is 0 Å². The standard InChI is InChI=1S/C24H30F3NO4/c1-30-21-5-3-4-20(23(21)31-2)22(29)18-11-14-28(15-12-18)13-10-17-6-8-19(9-7-17)32-16-24(25,26)27/h3-9,18,22,29H,10-16H2,1-2H3. The van der Waals surface area contributed by atoms with Crippen LogP contribution in [0.4, 0.5) is 13.2 Å². The number of rotatable bonds is 9. The zero-order valence-corrected chi connectivity index (χ0v) is 18.4. The molecule has 5 nitrogen and oxygen atoms in total. The molecule has 0 aliphatic carbocycles. The molecule has 0 spiro atoms. The van der Waals surface area contributed by atoms with E-state index in [2.05, 4.69) is 4.90 Å². The lowest BCUT2D eigenvalue weighted by Crippen LogP contribution is -2.36. The molecule has 0 saturated carbocycles. The molecule has 0 aromatic heterocycles. The van der Waals surface area contributed by atoms with E-state index in [1.165, 1.54) is 0 Å². The number of aliphatic hydroxyl groups excluding tert-OH is 1. The molecule has 1 N–H and O–H groups in total. The number of hydrogen-bond donors (Lipinski definition) is 1. The number of halogens is 3. The summed E-state index contributed by atoms with van der Waals surface area (Å²) in [6, 6.07) is 12.3. The fourth-order valence-corrected chi connectivity index (χ4v) is 4.10. The minimum absolute atomic E-state index is 0.136. The maximum absolute atomic E-state index is 12.2. The summed E-state index contributed by atoms with van der Waals surface area (Å²) >= 11 is 0. The molecule has 2 aromatic rings. The van der Waals surface area contributed by atoms with E-state index in [0.717, 1.165) is 50.0 Å². The van der Waals surface area contributed by atoms with Crippen molar-refractivity contribution in [3.63, 3.8) is 0 Å². The molecule has 32 heavy (non-hydrogen) atoms. The molecule has 0 radical (unpaired) electrons. The predicted octanol–water partition coefficient (Wildman–Crippen LogP) is 4.63. The van der Waals surface area contributed by atoms with Crippen LogP contribution in [0, 0.1) is 5.92 Å². The Morgan fingerprint density at radius 3 is 2.31 bits per heavy atom. The fourth-order valence-electron chi connectivity index (χ4n) is 4.10. The van der Waals surface area contributed by atoms with Crippen LogP contribution >= 0.6 is 0 Å². The Kier molecular flexibility index (Phi) is 8.26. The molecule has 3 rings (SSSR count). The van der Waals surface area contributed by atoms with Crippen molar-refractivity contribution in [3.05, 3.63) is 53.6 Å². The molecular formula is C24H30F3NO4. The second-order valence-electron chi connectivity index (χ2n) is 8.00. The van der Waals surface area contributed by atoms with Gasteiger partial charge in [0.15, 0.2) is 18.1 Å². The highest BCUT2D eigenvalue weighted by atomic mass is 19.4. The molecule has 1 aliphatic heterocycles. The van der Waals surface area contributed by atoms with Crippen molar-refractivity contribution >= 4 is 0 Å². The Bertz CT molecular complexity index is 849. The third-order valence-electron chi connectivity index (χ3n) is 5.87. The van der Waals surface area contributed by atoms with Crippen LogP contribution in [-0.2, 0) is 6.42 Å². The van der Waals surface area contributed by atoms with Gasteiger partial charge in [-0.05, 0) is 62.0 Å². The van der Waals surface area contributed by atoms with Gasteiger partial charge < -0.3 is 24.2 Å². The lowest BCUT2D eigenvalue weighted by atomic mass is 9.87. The summed E-state index contributed by atoms with van der Waals surface area (Å²) in [4.78, 5) is 2.35. The van der Waals surface area contributed by atoms with Gasteiger partial charge in [-0.1, -0.05) is 24.3 Å². The first kappa shape index (κ1) is 24.2. The van der Waals surface area contributed by atoms with Gasteiger partial charge in [-0.25, -0.2) is 0 Å². The molecule has 0 bridgehead atoms. The van der Waals surface area contributed by atoms with E-state index in [9.17, 15) is 18.3 Å². The van der Waals surface area contributed by atoms with Gasteiger partial charge in [0.2, 0.25) is 0 Å². The molecule has 2 aromatic carbocycles. The first-order valence-corrected chi connectivity index (χ1v) is 10.7. The Labute approximate surface area is 186 Å². The summed E-state index contributed by atoms with van der Waals surface area (Å²) in [6.07, 6.45) is -2.42. The summed E-state index contributed by atoms with van der Waals surface area (Å²) < 4.78 is 52.3. The molecular weight excluding hydrogens is 423 g/mol. The van der Waals surface area contributed by atoms with Crippen molar-refractivity contribution in [2.45, 2.75) is 31.5 Å². The summed E-state index contributed by atoms with van der Waals surface area (Å²) in [7, 11) is 3.15. The van der Waals surface area contributed by atoms with Gasteiger partial charge in [0.1, 0.15) is 5.75 Å². The number of aliphatic hydroxyl groups is 1. The third-order valence-corrected chi connectivity index (χ3v) is 5.87. The molecule has 0 amide bonds. The Hall–Kier alpha value is -2.45. The van der Waals surface area contributed by atoms with Crippen LogP contribution in [0.15, 0.2) is 42.5 Å². The van der Waals surface area contributed by atoms with Gasteiger partial charge in [0.05, 0.1) is 20.3 Å². The summed E-state index contributed by atoms with van der Waals surface area (Å²) in [5.41, 5.74) is 1.80. The van der Waals surface area contributed by atoms with Gasteiger partial charge >= 0.3 is 6.18 Å². The molecule has 1 atom stereocenters. The van der Waals surface area contributed by atoms with Crippen LogP contribution < -0.4 is 14.2 Å². The molecule has 1 heterocycles. The summed E-state index contributed by atoms with van der Waals surface area (Å²) in [5.74, 6) is 1.54. The van der Waals surface area contributed by atoms with Crippen molar-refractivity contribution in [2.75, 3.05) is 40.5 Å². The van der Waals surface area contributed by atoms with E-state index in [1.54, 1.807) is 38.5 Å². The minimum Gasteiger partial charge on any atom is -0.493 e. The molecule has 8 heteroatoms. The third kappa shape index (κ3) is 6.53. The second kappa shape index (κ2) is 10.9. The first-order valence-electron chi connectivity index (χ1n) is 10.7. The van der Waals surface area contributed by atoms with Crippen molar-refractivity contribution in [1.82, 2.24) is 4.90 Å². The Morgan fingerprint density at radius 1 is 1.03 bits per heavy atom. The van der Waals surface area contributed by atoms with Gasteiger partial charge in [-0.3, -0.25) is 0 Å². The topological polar surface area (TPSA) is 51.2 Å². The summed E-state index contributed by atoms with van der Waals surface area (Å²) in [6.45, 7) is 1.32. The number of piperidine rings is 1. The molecule has 176 valence electrons. The molecule has 1 saturated heterocycles. The Balaban J connectivity index is 1.47. The second-order valence-corrected chi connectivity index (χ2v) is 8.00. The molecule has 1 aliphatic rings. The normalized spacial score (nSPS) is 16.6. The van der Waals surface area contributed by atoms with Crippen LogP contribution in [0.5, 0.6) is 17.2 Å². The number of likely N-dealkylation sites (tertiary alicyclic amines) is 1. The zero-order valence-electron chi connectivity index (χ0n) is 18.4. The van der Waals surface area contributed by atoms with Crippen LogP contribution in [0.2, 0.25) is 0 Å². The average molecular weight is 454 g/mol. The van der Waals surface area contributed by atoms with Crippen LogP contribution in [0.25, 0.3) is 0 Å². The fraction of sp³-hybridized carbons (Fsp3) is 0.500. The van der Waals surface area contributed by atoms with Crippen molar-refractivity contribution in [2.24, 2.45) is 5.92 Å². The highest BCUT2D eigenvalue weighted by molar-refractivity contribution is 5.47. The highest BCUT2D eigenvalue weighted by Gasteiger charge is 2.29. The van der Waals surface area contributed by atoms with E-state index in [4.69, 9.17) is 14.2 Å². The number of ether oxygens (including phenoxy) is 3. The maximum atomic E-state index is 12.2. The van der Waals surface area contributed by atoms with Crippen molar-refractivity contribution in [1.29, 1.82) is 0 Å². The van der Waals surface area contributed by atoms with E-state index >= 15 is 0 Å². The first-order chi connectivity index (χ1) is 15.3. The average Bonchev–Trinajstić information content (AvgIpc) is 2.80. The predicted molar refractivity (Wildman–Crippen MR) is 115 cm³/mol. The van der Waals surface area contributed by atoms with Crippen LogP contribution in [-0.4, -0.2) is 56.6 Å². The lowest BCUT2D eigenvalue weighted by molar-refractivity contribution is -0.153. The van der Waals surface area contributed by atoms with Gasteiger partial charge in [-0.15, -0.1) is 0 Å². The number of alkyl halides is 3. The van der Waals surface area contributed by atoms with E-state index < -0.39 is 18.9 Å². The van der Waals surface area contributed by atoms with Crippen molar-refractivity contribution in [3.8, 4) is 17.2 Å². The van der Waals surface area contributed by atoms with E-state index in [-0.39, 0.29) is 11.7 Å². The molecule has 1 unspecified atom stereocenters.